The second-order valence-electron chi connectivity index (χ2n) is 8.08. The Labute approximate surface area is 188 Å². The topological polar surface area (TPSA) is 76.5 Å². The summed E-state index contributed by atoms with van der Waals surface area (Å²) in [5.41, 5.74) is 3.37. The standard InChI is InChI=1S/C25H30N4O3/c1-2-3-6-19-9-11-20(12-10-19)26-23(30)13-14-29-22-8-5-4-7-21(22)27-24(25(29)31)28-15-17-32-18-16-28/h4-5,7-12H,2-3,6,13-18H2,1H3,(H,26,30). The summed E-state index contributed by atoms with van der Waals surface area (Å²) in [4.78, 5) is 32.5. The largest absolute Gasteiger partial charge is 0.378 e. The quantitative estimate of drug-likeness (QED) is 0.586. The van der Waals surface area contributed by atoms with Crippen molar-refractivity contribution in [3.05, 3.63) is 64.4 Å². The Balaban J connectivity index is 1.49. The predicted octanol–water partition coefficient (Wildman–Crippen LogP) is 3.60. The van der Waals surface area contributed by atoms with E-state index in [1.54, 1.807) is 4.57 Å². The van der Waals surface area contributed by atoms with Crippen LogP contribution in [0, 0.1) is 0 Å². The van der Waals surface area contributed by atoms with Gasteiger partial charge in [-0.15, -0.1) is 0 Å². The fourth-order valence-corrected chi connectivity index (χ4v) is 3.95. The maximum Gasteiger partial charge on any atom is 0.294 e. The van der Waals surface area contributed by atoms with Crippen molar-refractivity contribution >= 4 is 28.4 Å². The van der Waals surface area contributed by atoms with Gasteiger partial charge >= 0.3 is 0 Å². The van der Waals surface area contributed by atoms with Crippen LogP contribution in [0.5, 0.6) is 0 Å². The third kappa shape index (κ3) is 5.16. The van der Waals surface area contributed by atoms with Crippen LogP contribution in [-0.2, 0) is 22.5 Å². The fourth-order valence-electron chi connectivity index (χ4n) is 3.95. The third-order valence-electron chi connectivity index (χ3n) is 5.77. The fraction of sp³-hybridized carbons (Fsp3) is 0.400. The molecule has 1 aliphatic rings. The molecule has 3 aromatic rings. The Kier molecular flexibility index (Phi) is 7.17. The summed E-state index contributed by atoms with van der Waals surface area (Å²) in [6, 6.07) is 15.6. The van der Waals surface area contributed by atoms with Gasteiger partial charge in [-0.1, -0.05) is 37.6 Å². The average Bonchev–Trinajstić information content (AvgIpc) is 2.83. The first-order valence-electron chi connectivity index (χ1n) is 11.4. The number of aryl methyl sites for hydroxylation is 2. The van der Waals surface area contributed by atoms with Crippen LogP contribution in [0.1, 0.15) is 31.7 Å². The van der Waals surface area contributed by atoms with Gasteiger partial charge in [-0.05, 0) is 42.7 Å². The number of rotatable bonds is 8. The number of para-hydroxylation sites is 2. The highest BCUT2D eigenvalue weighted by atomic mass is 16.5. The first kappa shape index (κ1) is 22.0. The van der Waals surface area contributed by atoms with E-state index in [0.29, 0.717) is 38.7 Å². The molecule has 0 saturated carbocycles. The minimum absolute atomic E-state index is 0.118. The zero-order chi connectivity index (χ0) is 22.3. The summed E-state index contributed by atoms with van der Waals surface area (Å²) < 4.78 is 7.08. The maximum absolute atomic E-state index is 13.3. The third-order valence-corrected chi connectivity index (χ3v) is 5.77. The molecule has 1 fully saturated rings. The molecule has 1 aromatic heterocycles. The van der Waals surface area contributed by atoms with E-state index < -0.39 is 0 Å². The van der Waals surface area contributed by atoms with Gasteiger partial charge in [0, 0.05) is 31.7 Å². The van der Waals surface area contributed by atoms with Gasteiger partial charge in [-0.2, -0.15) is 0 Å². The molecule has 7 heteroatoms. The molecule has 1 N–H and O–H groups in total. The molecule has 0 aliphatic carbocycles. The number of aromatic nitrogens is 2. The first-order chi connectivity index (χ1) is 15.7. The van der Waals surface area contributed by atoms with E-state index in [9.17, 15) is 9.59 Å². The Morgan fingerprint density at radius 3 is 2.59 bits per heavy atom. The SMILES string of the molecule is CCCCc1ccc(NC(=O)CCn2c(=O)c(N3CCOCC3)nc3ccccc32)cc1. The summed E-state index contributed by atoms with van der Waals surface area (Å²) in [6.45, 7) is 4.89. The van der Waals surface area contributed by atoms with Gasteiger partial charge in [-0.25, -0.2) is 4.98 Å². The summed E-state index contributed by atoms with van der Waals surface area (Å²) in [7, 11) is 0. The molecule has 7 nitrogen and oxygen atoms in total. The molecule has 1 aliphatic heterocycles. The Bertz CT molecular complexity index is 1120. The van der Waals surface area contributed by atoms with Gasteiger partial charge in [0.2, 0.25) is 5.91 Å². The number of fused-ring (bicyclic) bond motifs is 1. The van der Waals surface area contributed by atoms with Crippen LogP contribution < -0.4 is 15.8 Å². The van der Waals surface area contributed by atoms with Crippen molar-refractivity contribution in [2.45, 2.75) is 39.2 Å². The number of hydrogen-bond donors (Lipinski definition) is 1. The molecule has 1 amide bonds. The summed E-state index contributed by atoms with van der Waals surface area (Å²) in [6.07, 6.45) is 3.57. The lowest BCUT2D eigenvalue weighted by Crippen LogP contribution is -2.41. The lowest BCUT2D eigenvalue weighted by molar-refractivity contribution is -0.116. The minimum atomic E-state index is -0.168. The van der Waals surface area contributed by atoms with Gasteiger partial charge in [0.15, 0.2) is 5.82 Å². The van der Waals surface area contributed by atoms with Gasteiger partial charge in [0.05, 0.1) is 24.2 Å². The molecule has 0 atom stereocenters. The number of carbonyl (C=O) groups excluding carboxylic acids is 1. The van der Waals surface area contributed by atoms with Crippen molar-refractivity contribution in [3.8, 4) is 0 Å². The molecular weight excluding hydrogens is 404 g/mol. The highest BCUT2D eigenvalue weighted by Crippen LogP contribution is 2.17. The van der Waals surface area contributed by atoms with Crippen LogP contribution >= 0.6 is 0 Å². The molecule has 32 heavy (non-hydrogen) atoms. The number of nitrogens with one attached hydrogen (secondary N) is 1. The molecular formula is C25H30N4O3. The second kappa shape index (κ2) is 10.4. The van der Waals surface area contributed by atoms with Crippen LogP contribution in [0.3, 0.4) is 0 Å². The van der Waals surface area contributed by atoms with E-state index in [2.05, 4.69) is 29.4 Å². The lowest BCUT2D eigenvalue weighted by atomic mass is 10.1. The van der Waals surface area contributed by atoms with Crippen LogP contribution in [0.25, 0.3) is 11.0 Å². The molecule has 0 spiro atoms. The molecule has 168 valence electrons. The number of morpholine rings is 1. The Morgan fingerprint density at radius 1 is 1.09 bits per heavy atom. The van der Waals surface area contributed by atoms with E-state index in [1.165, 1.54) is 5.56 Å². The number of anilines is 2. The molecule has 0 bridgehead atoms. The van der Waals surface area contributed by atoms with E-state index in [-0.39, 0.29) is 17.9 Å². The van der Waals surface area contributed by atoms with Crippen LogP contribution in [0.4, 0.5) is 11.5 Å². The minimum Gasteiger partial charge on any atom is -0.378 e. The van der Waals surface area contributed by atoms with E-state index >= 15 is 0 Å². The van der Waals surface area contributed by atoms with Gasteiger partial charge in [0.1, 0.15) is 0 Å². The van der Waals surface area contributed by atoms with E-state index in [1.807, 2.05) is 41.3 Å². The van der Waals surface area contributed by atoms with Gasteiger partial charge < -0.3 is 19.5 Å². The first-order valence-corrected chi connectivity index (χ1v) is 11.4. The van der Waals surface area contributed by atoms with Crippen molar-refractivity contribution in [2.75, 3.05) is 36.5 Å². The number of amides is 1. The summed E-state index contributed by atoms with van der Waals surface area (Å²) in [5.74, 6) is 0.308. The Hall–Kier alpha value is -3.19. The summed E-state index contributed by atoms with van der Waals surface area (Å²) >= 11 is 0. The second-order valence-corrected chi connectivity index (χ2v) is 8.08. The van der Waals surface area contributed by atoms with Crippen LogP contribution in [0.15, 0.2) is 53.3 Å². The monoisotopic (exact) mass is 434 g/mol. The van der Waals surface area contributed by atoms with Gasteiger partial charge in [-0.3, -0.25) is 9.59 Å². The number of ether oxygens (including phenoxy) is 1. The molecule has 1 saturated heterocycles. The predicted molar refractivity (Wildman–Crippen MR) is 127 cm³/mol. The smallest absolute Gasteiger partial charge is 0.294 e. The number of hydrogen-bond acceptors (Lipinski definition) is 5. The molecule has 2 aromatic carbocycles. The van der Waals surface area contributed by atoms with E-state index in [0.717, 1.165) is 36.0 Å². The summed E-state index contributed by atoms with van der Waals surface area (Å²) in [5, 5.41) is 2.94. The zero-order valence-corrected chi connectivity index (χ0v) is 18.5. The maximum atomic E-state index is 13.3. The molecule has 0 radical (unpaired) electrons. The number of nitrogens with zero attached hydrogens (tertiary/aromatic N) is 3. The van der Waals surface area contributed by atoms with Crippen molar-refractivity contribution in [2.24, 2.45) is 0 Å². The van der Waals surface area contributed by atoms with Crippen LogP contribution in [-0.4, -0.2) is 41.8 Å². The molecule has 2 heterocycles. The lowest BCUT2D eigenvalue weighted by Gasteiger charge is -2.28. The van der Waals surface area contributed by atoms with Crippen molar-refractivity contribution in [1.29, 1.82) is 0 Å². The van der Waals surface area contributed by atoms with Crippen molar-refractivity contribution in [1.82, 2.24) is 9.55 Å². The zero-order valence-electron chi connectivity index (χ0n) is 18.5. The molecule has 0 unspecified atom stereocenters. The molecule has 4 rings (SSSR count). The number of unbranched alkanes of at least 4 members (excludes halogenated alkanes) is 1. The van der Waals surface area contributed by atoms with Crippen molar-refractivity contribution < 1.29 is 9.53 Å². The van der Waals surface area contributed by atoms with Crippen molar-refractivity contribution in [3.63, 3.8) is 0 Å². The van der Waals surface area contributed by atoms with Crippen LogP contribution in [0.2, 0.25) is 0 Å². The number of carbonyl (C=O) groups is 1. The normalized spacial score (nSPS) is 14.0. The highest BCUT2D eigenvalue weighted by molar-refractivity contribution is 5.90. The Morgan fingerprint density at radius 2 is 1.84 bits per heavy atom. The number of benzene rings is 2. The average molecular weight is 435 g/mol. The highest BCUT2D eigenvalue weighted by Gasteiger charge is 2.19. The van der Waals surface area contributed by atoms with Gasteiger partial charge in [0.25, 0.3) is 5.56 Å². The van der Waals surface area contributed by atoms with E-state index in [4.69, 9.17) is 4.74 Å².